The van der Waals surface area contributed by atoms with Crippen LogP contribution in [0.3, 0.4) is 0 Å². The highest BCUT2D eigenvalue weighted by Gasteiger charge is 2.10. The van der Waals surface area contributed by atoms with Gasteiger partial charge in [0.15, 0.2) is 0 Å². The number of benzene rings is 2. The Morgan fingerprint density at radius 2 is 1.79 bits per heavy atom. The fourth-order valence-corrected chi connectivity index (χ4v) is 2.43. The van der Waals surface area contributed by atoms with E-state index in [1.54, 1.807) is 0 Å². The summed E-state index contributed by atoms with van der Waals surface area (Å²) in [6, 6.07) is 13.1. The summed E-state index contributed by atoms with van der Waals surface area (Å²) in [5.74, 6) is 0.392. The average molecular weight is 381 g/mol. The molecule has 0 aliphatic carbocycles. The standard InChI is InChI=1S/C22H27N3O3/c1-15(2)14-28-19-8-6-18(7-9-19)13-23-25-22(27)12-21(26)24-20-10-5-16(3)11-17(20)4/h5-11,13,15H,12,14H2,1-4H3,(H,24,26)(H,25,27). The second-order valence-corrected chi connectivity index (χ2v) is 7.11. The van der Waals surface area contributed by atoms with Gasteiger partial charge in [0.2, 0.25) is 11.8 Å². The van der Waals surface area contributed by atoms with Crippen LogP contribution in [-0.4, -0.2) is 24.6 Å². The van der Waals surface area contributed by atoms with Gasteiger partial charge in [-0.15, -0.1) is 0 Å². The first kappa shape index (κ1) is 21.2. The van der Waals surface area contributed by atoms with Gasteiger partial charge < -0.3 is 10.1 Å². The maximum Gasteiger partial charge on any atom is 0.249 e. The van der Waals surface area contributed by atoms with E-state index in [9.17, 15) is 9.59 Å². The SMILES string of the molecule is Cc1ccc(NC(=O)CC(=O)NN=Cc2ccc(OCC(C)C)cc2)c(C)c1. The predicted molar refractivity (Wildman–Crippen MR) is 112 cm³/mol. The number of nitrogens with zero attached hydrogens (tertiary/aromatic N) is 1. The van der Waals surface area contributed by atoms with E-state index in [0.29, 0.717) is 18.2 Å². The van der Waals surface area contributed by atoms with E-state index in [1.165, 1.54) is 6.21 Å². The fourth-order valence-electron chi connectivity index (χ4n) is 2.43. The summed E-state index contributed by atoms with van der Waals surface area (Å²) in [6.07, 6.45) is 1.22. The van der Waals surface area contributed by atoms with E-state index < -0.39 is 5.91 Å². The maximum absolute atomic E-state index is 12.0. The zero-order valence-corrected chi connectivity index (χ0v) is 16.8. The van der Waals surface area contributed by atoms with Gasteiger partial charge in [0.25, 0.3) is 0 Å². The summed E-state index contributed by atoms with van der Waals surface area (Å²) >= 11 is 0. The second-order valence-electron chi connectivity index (χ2n) is 7.11. The molecular formula is C22H27N3O3. The van der Waals surface area contributed by atoms with E-state index in [2.05, 4.69) is 29.7 Å². The van der Waals surface area contributed by atoms with Crippen molar-refractivity contribution in [2.75, 3.05) is 11.9 Å². The summed E-state index contributed by atoms with van der Waals surface area (Å²) < 4.78 is 5.61. The second kappa shape index (κ2) is 10.3. The number of hydrogen-bond donors (Lipinski definition) is 2. The Labute approximate surface area is 166 Å². The molecule has 2 aromatic carbocycles. The van der Waals surface area contributed by atoms with Gasteiger partial charge in [0.05, 0.1) is 12.8 Å². The first-order valence-corrected chi connectivity index (χ1v) is 9.25. The molecule has 0 saturated carbocycles. The van der Waals surface area contributed by atoms with Crippen molar-refractivity contribution in [3.8, 4) is 5.75 Å². The minimum atomic E-state index is -0.476. The van der Waals surface area contributed by atoms with Crippen molar-refractivity contribution < 1.29 is 14.3 Å². The lowest BCUT2D eigenvalue weighted by molar-refractivity contribution is -0.126. The minimum Gasteiger partial charge on any atom is -0.493 e. The van der Waals surface area contributed by atoms with Gasteiger partial charge in [-0.25, -0.2) is 5.43 Å². The molecule has 2 amide bonds. The number of nitrogens with one attached hydrogen (secondary N) is 2. The van der Waals surface area contributed by atoms with Crippen LogP contribution in [0.15, 0.2) is 47.6 Å². The number of ether oxygens (including phenoxy) is 1. The van der Waals surface area contributed by atoms with Gasteiger partial charge in [0, 0.05) is 5.69 Å². The van der Waals surface area contributed by atoms with Crippen molar-refractivity contribution in [1.29, 1.82) is 0 Å². The molecule has 0 spiro atoms. The number of hydrazone groups is 1. The van der Waals surface area contributed by atoms with Gasteiger partial charge in [-0.3, -0.25) is 9.59 Å². The lowest BCUT2D eigenvalue weighted by atomic mass is 10.1. The Balaban J connectivity index is 1.78. The van der Waals surface area contributed by atoms with Crippen LogP contribution >= 0.6 is 0 Å². The average Bonchev–Trinajstić information content (AvgIpc) is 2.63. The molecule has 0 aliphatic rings. The number of rotatable bonds is 8. The zero-order chi connectivity index (χ0) is 20.5. The fraction of sp³-hybridized carbons (Fsp3) is 0.318. The Morgan fingerprint density at radius 3 is 2.43 bits per heavy atom. The molecule has 0 heterocycles. The molecule has 0 aromatic heterocycles. The van der Waals surface area contributed by atoms with Crippen molar-refractivity contribution in [2.45, 2.75) is 34.1 Å². The molecule has 0 fully saturated rings. The minimum absolute atomic E-state index is 0.299. The van der Waals surface area contributed by atoms with Crippen LogP contribution in [0.1, 0.15) is 37.0 Å². The molecule has 0 bridgehead atoms. The third-order valence-corrected chi connectivity index (χ3v) is 3.84. The predicted octanol–water partition coefficient (Wildman–Crippen LogP) is 3.82. The summed E-state index contributed by atoms with van der Waals surface area (Å²) in [5.41, 5.74) is 5.95. The van der Waals surface area contributed by atoms with Crippen LogP contribution in [0.4, 0.5) is 5.69 Å². The normalized spacial score (nSPS) is 10.9. The molecule has 2 rings (SSSR count). The van der Waals surface area contributed by atoms with Crippen LogP contribution in [0.25, 0.3) is 0 Å². The molecule has 148 valence electrons. The molecule has 0 aliphatic heterocycles. The van der Waals surface area contributed by atoms with Crippen molar-refractivity contribution in [2.24, 2.45) is 11.0 Å². The van der Waals surface area contributed by atoms with Crippen molar-refractivity contribution >= 4 is 23.7 Å². The smallest absolute Gasteiger partial charge is 0.249 e. The lowest BCUT2D eigenvalue weighted by Crippen LogP contribution is -2.24. The first-order valence-electron chi connectivity index (χ1n) is 9.25. The number of carbonyl (C=O) groups is 2. The molecule has 0 atom stereocenters. The summed E-state index contributed by atoms with van der Waals surface area (Å²) in [7, 11) is 0. The van der Waals surface area contributed by atoms with Gasteiger partial charge in [0.1, 0.15) is 12.2 Å². The molecule has 0 radical (unpaired) electrons. The van der Waals surface area contributed by atoms with E-state index in [-0.39, 0.29) is 12.3 Å². The number of carbonyl (C=O) groups excluding carboxylic acids is 2. The zero-order valence-electron chi connectivity index (χ0n) is 16.8. The molecule has 6 heteroatoms. The van der Waals surface area contributed by atoms with Crippen LogP contribution in [0, 0.1) is 19.8 Å². The quantitative estimate of drug-likeness (QED) is 0.414. The molecular weight excluding hydrogens is 354 g/mol. The number of hydrogen-bond acceptors (Lipinski definition) is 4. The highest BCUT2D eigenvalue weighted by Crippen LogP contribution is 2.16. The van der Waals surface area contributed by atoms with E-state index >= 15 is 0 Å². The summed E-state index contributed by atoms with van der Waals surface area (Å²) in [4.78, 5) is 23.9. The molecule has 2 N–H and O–H groups in total. The largest absolute Gasteiger partial charge is 0.493 e. The summed E-state index contributed by atoms with van der Waals surface area (Å²) in [5, 5.41) is 6.63. The van der Waals surface area contributed by atoms with Gasteiger partial charge >= 0.3 is 0 Å². The molecule has 0 unspecified atom stereocenters. The Bertz CT molecular complexity index is 843. The van der Waals surface area contributed by atoms with E-state index in [4.69, 9.17) is 4.74 Å². The van der Waals surface area contributed by atoms with Crippen molar-refractivity contribution in [1.82, 2.24) is 5.43 Å². The van der Waals surface area contributed by atoms with Crippen LogP contribution in [0.5, 0.6) is 5.75 Å². The van der Waals surface area contributed by atoms with Crippen LogP contribution in [-0.2, 0) is 9.59 Å². The van der Waals surface area contributed by atoms with Gasteiger partial charge in [-0.1, -0.05) is 31.5 Å². The highest BCUT2D eigenvalue weighted by molar-refractivity contribution is 6.04. The first-order chi connectivity index (χ1) is 13.3. The Kier molecular flexibility index (Phi) is 7.75. The van der Waals surface area contributed by atoms with Crippen LogP contribution < -0.4 is 15.5 Å². The Morgan fingerprint density at radius 1 is 1.07 bits per heavy atom. The number of anilines is 1. The number of aryl methyl sites for hydroxylation is 2. The molecule has 6 nitrogen and oxygen atoms in total. The van der Waals surface area contributed by atoms with Gasteiger partial charge in [-0.05, 0) is 61.2 Å². The van der Waals surface area contributed by atoms with Crippen molar-refractivity contribution in [3.05, 3.63) is 59.2 Å². The highest BCUT2D eigenvalue weighted by atomic mass is 16.5. The Hall–Kier alpha value is -3.15. The molecule has 28 heavy (non-hydrogen) atoms. The third-order valence-electron chi connectivity index (χ3n) is 3.84. The van der Waals surface area contributed by atoms with Crippen molar-refractivity contribution in [3.63, 3.8) is 0 Å². The molecule has 2 aromatic rings. The monoisotopic (exact) mass is 381 g/mol. The topological polar surface area (TPSA) is 79.8 Å². The van der Waals surface area contributed by atoms with Gasteiger partial charge in [-0.2, -0.15) is 5.10 Å². The lowest BCUT2D eigenvalue weighted by Gasteiger charge is -2.08. The maximum atomic E-state index is 12.0. The van der Waals surface area contributed by atoms with E-state index in [0.717, 1.165) is 22.4 Å². The summed E-state index contributed by atoms with van der Waals surface area (Å²) in [6.45, 7) is 8.73. The third kappa shape index (κ3) is 7.23. The van der Waals surface area contributed by atoms with E-state index in [1.807, 2.05) is 56.3 Å². The number of amides is 2. The van der Waals surface area contributed by atoms with Crippen LogP contribution in [0.2, 0.25) is 0 Å². The molecule has 0 saturated heterocycles.